The Morgan fingerprint density at radius 3 is 1.88 bits per heavy atom. The van der Waals surface area contributed by atoms with E-state index < -0.39 is 0 Å². The van der Waals surface area contributed by atoms with E-state index in [2.05, 4.69) is 258 Å². The Morgan fingerprint density at radius 2 is 1.11 bits per heavy atom. The van der Waals surface area contributed by atoms with Crippen LogP contribution in [0.5, 0.6) is 11.5 Å². The van der Waals surface area contributed by atoms with Gasteiger partial charge in [-0.1, -0.05) is 160 Å². The molecule has 13 aromatic rings. The van der Waals surface area contributed by atoms with Crippen LogP contribution in [0.15, 0.2) is 237 Å². The first-order valence-corrected chi connectivity index (χ1v) is 26.1. The van der Waals surface area contributed by atoms with Crippen LogP contribution in [-0.2, 0) is 5.41 Å². The minimum Gasteiger partial charge on any atom is -0.457 e. The summed E-state index contributed by atoms with van der Waals surface area (Å²) < 4.78 is 11.8. The largest absolute Gasteiger partial charge is 0.457 e. The van der Waals surface area contributed by atoms with Crippen LogP contribution in [0.25, 0.3) is 99.8 Å². The normalized spacial score (nSPS) is 12.8. The van der Waals surface area contributed by atoms with Gasteiger partial charge in [-0.3, -0.25) is 9.55 Å². The lowest BCUT2D eigenvalue weighted by atomic mass is 9.88. The molecule has 0 atom stereocenters. The van der Waals surface area contributed by atoms with Crippen molar-refractivity contribution in [1.29, 1.82) is 0 Å². The summed E-state index contributed by atoms with van der Waals surface area (Å²) in [6.45, 7) is 7.38. The van der Waals surface area contributed by atoms with Crippen LogP contribution in [0.2, 0.25) is 0 Å². The van der Waals surface area contributed by atoms with Gasteiger partial charge in [0, 0.05) is 68.6 Å². The van der Waals surface area contributed by atoms with Crippen LogP contribution in [0, 0.1) is 0 Å². The minimum absolute atomic E-state index is 0.0885. The molecule has 6 heterocycles. The zero-order chi connectivity index (χ0) is 50.6. The van der Waals surface area contributed by atoms with Gasteiger partial charge in [-0.2, -0.15) is 0 Å². The zero-order valence-electron chi connectivity index (χ0n) is 42.3. The summed E-state index contributed by atoms with van der Waals surface area (Å²) >= 11 is 0. The van der Waals surface area contributed by atoms with Crippen LogP contribution >= 0.6 is 0 Å². The van der Waals surface area contributed by atoms with E-state index in [1.54, 1.807) is 0 Å². The maximum absolute atomic E-state index is 7.03. The molecule has 0 unspecified atom stereocenters. The molecule has 9 aromatic carbocycles. The Bertz CT molecular complexity index is 4410. The molecule has 7 nitrogen and oxygen atoms in total. The Labute approximate surface area is 440 Å². The van der Waals surface area contributed by atoms with E-state index in [0.717, 1.165) is 78.3 Å². The molecule has 2 aliphatic heterocycles. The Morgan fingerprint density at radius 1 is 0.434 bits per heavy atom. The summed E-state index contributed by atoms with van der Waals surface area (Å²) in [7, 11) is 0. The van der Waals surface area contributed by atoms with Crippen LogP contribution < -0.4 is 14.5 Å². The summed E-state index contributed by atoms with van der Waals surface area (Å²) in [5, 5.41) is 3.41. The molecule has 0 aliphatic carbocycles. The maximum Gasteiger partial charge on any atom is 0.137 e. The van der Waals surface area contributed by atoms with Crippen molar-refractivity contribution in [2.75, 3.05) is 16.5 Å². The molecule has 76 heavy (non-hydrogen) atoms. The third-order valence-corrected chi connectivity index (χ3v) is 15.6. The van der Waals surface area contributed by atoms with Gasteiger partial charge in [0.1, 0.15) is 24.0 Å². The number of pyridine rings is 2. The average molecular weight is 979 g/mol. The highest BCUT2D eigenvalue weighted by Crippen LogP contribution is 2.53. The molecule has 4 aromatic heterocycles. The molecule has 0 bridgehead atoms. The highest BCUT2D eigenvalue weighted by atomic mass is 16.5. The number of aromatic nitrogens is 4. The van der Waals surface area contributed by atoms with Gasteiger partial charge in [-0.25, -0.2) is 4.98 Å². The highest BCUT2D eigenvalue weighted by molar-refractivity contribution is 6.22. The summed E-state index contributed by atoms with van der Waals surface area (Å²) in [6, 6.07) is 80.7. The molecule has 0 saturated carbocycles. The van der Waals surface area contributed by atoms with Gasteiger partial charge in [0.15, 0.2) is 0 Å². The number of fused-ring (bicyclic) bond motifs is 13. The summed E-state index contributed by atoms with van der Waals surface area (Å²) in [6.07, 6.45) is 3.85. The number of anilines is 4. The van der Waals surface area contributed by atoms with Crippen molar-refractivity contribution in [2.24, 2.45) is 0 Å². The van der Waals surface area contributed by atoms with E-state index in [0.29, 0.717) is 6.67 Å². The number of nitrogens with zero attached hydrogens (tertiary/aromatic N) is 6. The van der Waals surface area contributed by atoms with Crippen LogP contribution in [0.4, 0.5) is 22.7 Å². The zero-order valence-corrected chi connectivity index (χ0v) is 42.3. The third kappa shape index (κ3) is 6.75. The molecule has 0 spiro atoms. The van der Waals surface area contributed by atoms with Crippen LogP contribution in [0.3, 0.4) is 0 Å². The van der Waals surface area contributed by atoms with Crippen LogP contribution in [-0.4, -0.2) is 25.8 Å². The lowest BCUT2D eigenvalue weighted by molar-refractivity contribution is 0.483. The monoisotopic (exact) mass is 978 g/mol. The van der Waals surface area contributed by atoms with Crippen molar-refractivity contribution in [3.63, 3.8) is 0 Å². The van der Waals surface area contributed by atoms with Gasteiger partial charge < -0.3 is 19.1 Å². The first kappa shape index (κ1) is 43.8. The van der Waals surface area contributed by atoms with Crippen molar-refractivity contribution in [3.8, 4) is 67.5 Å². The van der Waals surface area contributed by atoms with Gasteiger partial charge in [-0.15, -0.1) is 0 Å². The van der Waals surface area contributed by atoms with Gasteiger partial charge >= 0.3 is 0 Å². The van der Waals surface area contributed by atoms with Crippen molar-refractivity contribution < 1.29 is 4.74 Å². The van der Waals surface area contributed by atoms with Crippen LogP contribution in [0.1, 0.15) is 26.3 Å². The fraction of sp³-hybridized carbons (Fsp3) is 0.0725. The molecule has 0 radical (unpaired) electrons. The maximum atomic E-state index is 7.03. The number of ether oxygens (including phenoxy) is 1. The van der Waals surface area contributed by atoms with Gasteiger partial charge in [0.25, 0.3) is 0 Å². The van der Waals surface area contributed by atoms with Gasteiger partial charge in [-0.05, 0) is 106 Å². The van der Waals surface area contributed by atoms with E-state index in [4.69, 9.17) is 14.7 Å². The number of hydrogen-bond acceptors (Lipinski definition) is 5. The summed E-state index contributed by atoms with van der Waals surface area (Å²) in [5.41, 5.74) is 21.5. The first-order valence-electron chi connectivity index (χ1n) is 26.1. The SMILES string of the molecule is CC(C)(C)c1ccnc(-n2c3cc(Oc4cccc(N5CN(c6c(-c7ccccc7)cccc6-c6ccccc6)c6ccccc65)c4)ccc3c3c4c(ccc32)-n2c3cccnc3c3cccc(c32)-c2ccccc2-4)c1. The minimum atomic E-state index is -0.0885. The molecular formula is C69H50N6O. The smallest absolute Gasteiger partial charge is 0.137 e. The number of benzene rings is 9. The standard InChI is InChI=1S/C69H50N6O/c1-69(2,3)46-37-39-70-63(40-46)74-59-35-36-60-64(53-25-11-10-24-52(53)54-28-16-29-56-66-61(32-17-38-71-66)75(60)68(54)56)65(59)55-34-33-49(42-62(55)74)76-48-23-14-22-47(41-48)72-43-73(58-31-13-12-30-57(58)72)67-50(44-18-6-4-7-19-44)26-15-27-51(67)45-20-8-5-9-21-45/h4-42H,43H2,1-3H3. The Hall–Kier alpha value is -9.72. The van der Waals surface area contributed by atoms with E-state index in [9.17, 15) is 0 Å². The molecule has 2 aliphatic rings. The molecular weight excluding hydrogens is 929 g/mol. The molecule has 7 heteroatoms. The second-order valence-corrected chi connectivity index (χ2v) is 21.0. The number of hydrogen-bond donors (Lipinski definition) is 0. The number of para-hydroxylation sites is 4. The quantitative estimate of drug-likeness (QED) is 0.159. The van der Waals surface area contributed by atoms with E-state index in [1.807, 2.05) is 18.5 Å². The Kier molecular flexibility index (Phi) is 9.75. The van der Waals surface area contributed by atoms with Crippen molar-refractivity contribution in [3.05, 3.63) is 242 Å². The Balaban J connectivity index is 0.880. The van der Waals surface area contributed by atoms with Crippen molar-refractivity contribution in [1.82, 2.24) is 19.1 Å². The summed E-state index contributed by atoms with van der Waals surface area (Å²) in [5.74, 6) is 2.34. The first-order chi connectivity index (χ1) is 37.4. The second kappa shape index (κ2) is 16.9. The number of rotatable bonds is 7. The van der Waals surface area contributed by atoms with E-state index in [1.165, 1.54) is 61.3 Å². The predicted octanol–water partition coefficient (Wildman–Crippen LogP) is 18.0. The van der Waals surface area contributed by atoms with Crippen molar-refractivity contribution in [2.45, 2.75) is 26.2 Å². The van der Waals surface area contributed by atoms with E-state index in [-0.39, 0.29) is 5.41 Å². The molecule has 0 saturated heterocycles. The lowest BCUT2D eigenvalue weighted by Gasteiger charge is -2.27. The second-order valence-electron chi connectivity index (χ2n) is 21.0. The molecule has 15 rings (SSSR count). The fourth-order valence-corrected chi connectivity index (χ4v) is 12.2. The molecule has 0 amide bonds. The van der Waals surface area contributed by atoms with Gasteiger partial charge in [0.05, 0.1) is 50.3 Å². The third-order valence-electron chi connectivity index (χ3n) is 15.6. The molecule has 362 valence electrons. The predicted molar refractivity (Wildman–Crippen MR) is 313 cm³/mol. The molecule has 0 N–H and O–H groups in total. The van der Waals surface area contributed by atoms with Gasteiger partial charge in [0.2, 0.25) is 0 Å². The van der Waals surface area contributed by atoms with E-state index >= 15 is 0 Å². The average Bonchev–Trinajstić information content (AvgIpc) is 4.32. The lowest BCUT2D eigenvalue weighted by Crippen LogP contribution is -2.24. The highest BCUT2D eigenvalue weighted by Gasteiger charge is 2.33. The molecule has 0 fully saturated rings. The topological polar surface area (TPSA) is 51.4 Å². The van der Waals surface area contributed by atoms with Crippen molar-refractivity contribution >= 4 is 66.5 Å². The summed E-state index contributed by atoms with van der Waals surface area (Å²) in [4.78, 5) is 15.0. The fourth-order valence-electron chi connectivity index (χ4n) is 12.2.